The van der Waals surface area contributed by atoms with Gasteiger partial charge in [0.25, 0.3) is 11.7 Å². The zero-order chi connectivity index (χ0) is 20.3. The molecule has 2 aromatic rings. The molecular formula is C21H19BrClNO4. The number of carbonyl (C=O) groups is 2. The molecule has 3 rings (SSSR count). The van der Waals surface area contributed by atoms with Gasteiger partial charge in [-0.05, 0) is 48.4 Å². The fraction of sp³-hybridized carbons (Fsp3) is 0.238. The van der Waals surface area contributed by atoms with Crippen molar-refractivity contribution < 1.29 is 19.4 Å². The molecule has 0 saturated carbocycles. The van der Waals surface area contributed by atoms with Crippen LogP contribution in [0.1, 0.15) is 23.6 Å². The lowest BCUT2D eigenvalue weighted by molar-refractivity contribution is -0.140. The first-order chi connectivity index (χ1) is 13.4. The third kappa shape index (κ3) is 4.14. The van der Waals surface area contributed by atoms with Crippen molar-refractivity contribution in [3.63, 3.8) is 0 Å². The number of carbonyl (C=O) groups excluding carboxylic acids is 2. The smallest absolute Gasteiger partial charge is 0.295 e. The fourth-order valence-electron chi connectivity index (χ4n) is 3.24. The number of Topliss-reactive ketones (excluding diaryl/α,β-unsaturated/α-hetero) is 1. The van der Waals surface area contributed by atoms with Crippen LogP contribution in [0.3, 0.4) is 0 Å². The summed E-state index contributed by atoms with van der Waals surface area (Å²) < 4.78 is 5.95. The number of ether oxygens (including phenoxy) is 1. The molecule has 0 aliphatic carbocycles. The Bertz CT molecular complexity index is 909. The summed E-state index contributed by atoms with van der Waals surface area (Å²) in [6.07, 6.45) is 0.581. The summed E-state index contributed by atoms with van der Waals surface area (Å²) in [7, 11) is 1.58. The topological polar surface area (TPSA) is 66.8 Å². The van der Waals surface area contributed by atoms with Gasteiger partial charge in [-0.1, -0.05) is 39.7 Å². The second-order valence-corrected chi connectivity index (χ2v) is 7.75. The summed E-state index contributed by atoms with van der Waals surface area (Å²) in [4.78, 5) is 27.0. The van der Waals surface area contributed by atoms with Gasteiger partial charge in [0, 0.05) is 35.3 Å². The van der Waals surface area contributed by atoms with Crippen LogP contribution in [-0.2, 0) is 14.3 Å². The van der Waals surface area contributed by atoms with E-state index in [-0.39, 0.29) is 11.3 Å². The van der Waals surface area contributed by atoms with Crippen molar-refractivity contribution in [2.75, 3.05) is 20.3 Å². The molecule has 1 fully saturated rings. The largest absolute Gasteiger partial charge is 0.507 e. The van der Waals surface area contributed by atoms with Gasteiger partial charge in [0.2, 0.25) is 0 Å². The van der Waals surface area contributed by atoms with Gasteiger partial charge < -0.3 is 14.7 Å². The van der Waals surface area contributed by atoms with E-state index in [1.54, 1.807) is 31.4 Å². The fourth-order valence-corrected chi connectivity index (χ4v) is 3.64. The van der Waals surface area contributed by atoms with Crippen LogP contribution < -0.4 is 0 Å². The maximum Gasteiger partial charge on any atom is 0.295 e. The first-order valence-corrected chi connectivity index (χ1v) is 9.90. The Morgan fingerprint density at radius 3 is 2.39 bits per heavy atom. The van der Waals surface area contributed by atoms with E-state index in [9.17, 15) is 14.7 Å². The molecule has 1 amide bonds. The number of methoxy groups -OCH3 is 1. The SMILES string of the molecule is COCCCN1C(=O)C(=O)/C(=C(/O)c2ccc(Cl)cc2)[C@@H]1c1ccc(Br)cc1. The molecule has 0 spiro atoms. The molecule has 28 heavy (non-hydrogen) atoms. The van der Waals surface area contributed by atoms with Gasteiger partial charge in [-0.15, -0.1) is 0 Å². The molecule has 1 aliphatic heterocycles. The molecule has 2 aromatic carbocycles. The van der Waals surface area contributed by atoms with Crippen molar-refractivity contribution in [1.82, 2.24) is 4.90 Å². The predicted octanol–water partition coefficient (Wildman–Crippen LogP) is 4.56. The maximum absolute atomic E-state index is 12.8. The molecule has 0 aromatic heterocycles. The highest BCUT2D eigenvalue weighted by Gasteiger charge is 2.45. The summed E-state index contributed by atoms with van der Waals surface area (Å²) in [6, 6.07) is 13.2. The van der Waals surface area contributed by atoms with Crippen LogP contribution in [0.15, 0.2) is 58.6 Å². The van der Waals surface area contributed by atoms with Crippen molar-refractivity contribution in [1.29, 1.82) is 0 Å². The Labute approximate surface area is 176 Å². The van der Waals surface area contributed by atoms with Gasteiger partial charge in [0.1, 0.15) is 5.76 Å². The number of aliphatic hydroxyl groups excluding tert-OH is 1. The van der Waals surface area contributed by atoms with Crippen LogP contribution in [0, 0.1) is 0 Å². The minimum absolute atomic E-state index is 0.0760. The number of benzene rings is 2. The second-order valence-electron chi connectivity index (χ2n) is 6.40. The Hall–Kier alpha value is -2.15. The van der Waals surface area contributed by atoms with Crippen LogP contribution in [0.2, 0.25) is 5.02 Å². The third-order valence-electron chi connectivity index (χ3n) is 4.59. The second kappa shape index (κ2) is 8.90. The maximum atomic E-state index is 12.8. The van der Waals surface area contributed by atoms with Gasteiger partial charge in [-0.3, -0.25) is 9.59 Å². The molecule has 146 valence electrons. The highest BCUT2D eigenvalue weighted by molar-refractivity contribution is 9.10. The first kappa shape index (κ1) is 20.6. The third-order valence-corrected chi connectivity index (χ3v) is 5.37. The Kier molecular flexibility index (Phi) is 6.54. The lowest BCUT2D eigenvalue weighted by Crippen LogP contribution is -2.31. The lowest BCUT2D eigenvalue weighted by atomic mass is 9.95. The van der Waals surface area contributed by atoms with Crippen LogP contribution in [0.25, 0.3) is 5.76 Å². The average molecular weight is 465 g/mol. The number of ketones is 1. The highest BCUT2D eigenvalue weighted by Crippen LogP contribution is 2.39. The summed E-state index contributed by atoms with van der Waals surface area (Å²) in [5.41, 5.74) is 1.25. The molecule has 1 heterocycles. The van der Waals surface area contributed by atoms with Crippen molar-refractivity contribution in [2.45, 2.75) is 12.5 Å². The Morgan fingerprint density at radius 1 is 1.14 bits per heavy atom. The number of likely N-dealkylation sites (tertiary alicyclic amines) is 1. The van der Waals surface area contributed by atoms with Crippen LogP contribution >= 0.6 is 27.5 Å². The van der Waals surface area contributed by atoms with Gasteiger partial charge in [0.15, 0.2) is 0 Å². The number of hydrogen-bond acceptors (Lipinski definition) is 4. The molecule has 0 radical (unpaired) electrons. The average Bonchev–Trinajstić information content (AvgIpc) is 2.94. The standard InChI is InChI=1S/C21H19BrClNO4/c1-28-12-2-11-24-18(13-3-7-15(22)8-4-13)17(20(26)21(24)27)19(25)14-5-9-16(23)10-6-14/h3-10,18,25H,2,11-12H2,1H3/b19-17+/t18-/m0/s1. The molecule has 0 unspecified atom stereocenters. The predicted molar refractivity (Wildman–Crippen MR) is 111 cm³/mol. The van der Waals surface area contributed by atoms with Gasteiger partial charge in [0.05, 0.1) is 11.6 Å². The molecule has 5 nitrogen and oxygen atoms in total. The zero-order valence-corrected chi connectivity index (χ0v) is 17.5. The van der Waals surface area contributed by atoms with E-state index in [0.717, 1.165) is 10.0 Å². The number of rotatable bonds is 6. The van der Waals surface area contributed by atoms with E-state index in [4.69, 9.17) is 16.3 Å². The molecule has 1 N–H and O–H groups in total. The Balaban J connectivity index is 2.10. The van der Waals surface area contributed by atoms with E-state index < -0.39 is 17.7 Å². The van der Waals surface area contributed by atoms with Crippen molar-refractivity contribution >= 4 is 45.0 Å². The van der Waals surface area contributed by atoms with Gasteiger partial charge in [-0.25, -0.2) is 0 Å². The van der Waals surface area contributed by atoms with E-state index in [2.05, 4.69) is 15.9 Å². The van der Waals surface area contributed by atoms with E-state index >= 15 is 0 Å². The number of nitrogens with zero attached hydrogens (tertiary/aromatic N) is 1. The monoisotopic (exact) mass is 463 g/mol. The van der Waals surface area contributed by atoms with Crippen molar-refractivity contribution in [2.24, 2.45) is 0 Å². The van der Waals surface area contributed by atoms with Crippen LogP contribution in [0.5, 0.6) is 0 Å². The summed E-state index contributed by atoms with van der Waals surface area (Å²) in [5.74, 6) is -1.53. The van der Waals surface area contributed by atoms with E-state index in [1.807, 2.05) is 24.3 Å². The summed E-state index contributed by atoms with van der Waals surface area (Å²) in [5, 5.41) is 11.4. The minimum atomic E-state index is -0.696. The molecule has 0 bridgehead atoms. The summed E-state index contributed by atoms with van der Waals surface area (Å²) >= 11 is 9.31. The highest BCUT2D eigenvalue weighted by atomic mass is 79.9. The number of aliphatic hydroxyl groups is 1. The van der Waals surface area contributed by atoms with Crippen molar-refractivity contribution in [3.8, 4) is 0 Å². The quantitative estimate of drug-likeness (QED) is 0.294. The zero-order valence-electron chi connectivity index (χ0n) is 15.2. The molecule has 1 aliphatic rings. The van der Waals surface area contributed by atoms with Crippen LogP contribution in [-0.4, -0.2) is 42.0 Å². The molecule has 7 heteroatoms. The van der Waals surface area contributed by atoms with E-state index in [0.29, 0.717) is 30.2 Å². The van der Waals surface area contributed by atoms with Gasteiger partial charge >= 0.3 is 0 Å². The van der Waals surface area contributed by atoms with Crippen LogP contribution in [0.4, 0.5) is 0 Å². The lowest BCUT2D eigenvalue weighted by Gasteiger charge is -2.25. The normalized spacial score (nSPS) is 18.7. The van der Waals surface area contributed by atoms with Gasteiger partial charge in [-0.2, -0.15) is 0 Å². The van der Waals surface area contributed by atoms with Crippen molar-refractivity contribution in [3.05, 3.63) is 74.7 Å². The molecular weight excluding hydrogens is 446 g/mol. The Morgan fingerprint density at radius 2 is 1.79 bits per heavy atom. The number of hydrogen-bond donors (Lipinski definition) is 1. The minimum Gasteiger partial charge on any atom is -0.507 e. The van der Waals surface area contributed by atoms with E-state index in [1.165, 1.54) is 4.90 Å². The summed E-state index contributed by atoms with van der Waals surface area (Å²) in [6.45, 7) is 0.809. The number of amides is 1. The molecule has 1 saturated heterocycles. The first-order valence-electron chi connectivity index (χ1n) is 8.72. The molecule has 1 atom stereocenters. The number of halogens is 2.